The number of benzene rings is 2. The van der Waals surface area contributed by atoms with Gasteiger partial charge in [0.2, 0.25) is 5.78 Å². The number of aromatic nitrogens is 1. The molecule has 0 aliphatic carbocycles. The quantitative estimate of drug-likeness (QED) is 0.651. The van der Waals surface area contributed by atoms with Gasteiger partial charge in [0.15, 0.2) is 0 Å². The van der Waals surface area contributed by atoms with Crippen molar-refractivity contribution in [1.29, 1.82) is 0 Å². The molecule has 19 heavy (non-hydrogen) atoms. The van der Waals surface area contributed by atoms with Crippen LogP contribution in [0.5, 0.6) is 0 Å². The third-order valence-electron chi connectivity index (χ3n) is 2.92. The summed E-state index contributed by atoms with van der Waals surface area (Å²) in [5.41, 5.74) is 1.57. The highest BCUT2D eigenvalue weighted by atomic mass is 19.1. The average Bonchev–Trinajstić information content (AvgIpc) is 2.47. The van der Waals surface area contributed by atoms with Gasteiger partial charge in [-0.3, -0.25) is 4.79 Å². The number of ketones is 1. The highest BCUT2D eigenvalue weighted by Crippen LogP contribution is 2.16. The zero-order chi connectivity index (χ0) is 13.2. The minimum absolute atomic E-state index is 0.133. The molecule has 0 radical (unpaired) electrons. The molecule has 1 heterocycles. The summed E-state index contributed by atoms with van der Waals surface area (Å²) in [6.45, 7) is 0. The molecule has 0 fully saturated rings. The monoisotopic (exact) mass is 251 g/mol. The van der Waals surface area contributed by atoms with Gasteiger partial charge in [0.1, 0.15) is 11.5 Å². The van der Waals surface area contributed by atoms with Gasteiger partial charge >= 0.3 is 0 Å². The average molecular weight is 251 g/mol. The fourth-order valence-electron chi connectivity index (χ4n) is 1.96. The molecule has 2 aromatic carbocycles. The fourth-order valence-corrected chi connectivity index (χ4v) is 1.96. The van der Waals surface area contributed by atoms with Gasteiger partial charge in [0.05, 0.1) is 5.52 Å². The number of fused-ring (bicyclic) bond motifs is 1. The number of rotatable bonds is 2. The molecule has 0 bridgehead atoms. The Hall–Kier alpha value is -2.55. The summed E-state index contributed by atoms with van der Waals surface area (Å²) in [4.78, 5) is 16.5. The fraction of sp³-hybridized carbons (Fsp3) is 0. The summed E-state index contributed by atoms with van der Waals surface area (Å²) < 4.78 is 13.1. The molecular weight excluding hydrogens is 241 g/mol. The summed E-state index contributed by atoms with van der Waals surface area (Å²) in [6, 6.07) is 16.6. The van der Waals surface area contributed by atoms with Crippen molar-refractivity contribution < 1.29 is 9.18 Å². The number of carbonyl (C=O) groups is 1. The number of halogens is 1. The van der Waals surface area contributed by atoms with Crippen LogP contribution in [0, 0.1) is 5.82 Å². The number of pyridine rings is 1. The molecule has 3 rings (SSSR count). The van der Waals surface area contributed by atoms with E-state index in [2.05, 4.69) is 4.98 Å². The van der Waals surface area contributed by atoms with E-state index >= 15 is 0 Å². The second-order valence-electron chi connectivity index (χ2n) is 4.23. The van der Waals surface area contributed by atoms with E-state index in [1.165, 1.54) is 12.1 Å². The molecule has 3 aromatic rings. The molecule has 3 heteroatoms. The van der Waals surface area contributed by atoms with Gasteiger partial charge < -0.3 is 0 Å². The Morgan fingerprint density at radius 3 is 2.53 bits per heavy atom. The zero-order valence-corrected chi connectivity index (χ0v) is 10.0. The van der Waals surface area contributed by atoms with Crippen LogP contribution in [0.3, 0.4) is 0 Å². The van der Waals surface area contributed by atoms with E-state index in [1.807, 2.05) is 18.2 Å². The molecule has 1 aromatic heterocycles. The molecule has 0 aliphatic heterocycles. The second kappa shape index (κ2) is 4.61. The lowest BCUT2D eigenvalue weighted by molar-refractivity contribution is 0.103. The summed E-state index contributed by atoms with van der Waals surface area (Å²) in [7, 11) is 0. The summed E-state index contributed by atoms with van der Waals surface area (Å²) in [5.74, 6) is -0.441. The Morgan fingerprint density at radius 1 is 0.947 bits per heavy atom. The normalized spacial score (nSPS) is 10.6. The standard InChI is InChI=1S/C16H10FNO/c17-13-7-9-14-12(10-13)6-8-15(18-14)16(19)11-4-2-1-3-5-11/h1-10H. The highest BCUT2D eigenvalue weighted by molar-refractivity contribution is 6.08. The van der Waals surface area contributed by atoms with Crippen molar-refractivity contribution in [3.8, 4) is 0 Å². The SMILES string of the molecule is O=C(c1ccccc1)c1ccc2cc(F)ccc2n1. The van der Waals surface area contributed by atoms with Crippen molar-refractivity contribution in [2.24, 2.45) is 0 Å². The summed E-state index contributed by atoms with van der Waals surface area (Å²) in [6.07, 6.45) is 0. The van der Waals surface area contributed by atoms with Gasteiger partial charge in [-0.15, -0.1) is 0 Å². The van der Waals surface area contributed by atoms with Gasteiger partial charge in [-0.1, -0.05) is 36.4 Å². The first kappa shape index (κ1) is 11.5. The molecule has 2 nitrogen and oxygen atoms in total. The molecule has 0 saturated heterocycles. The Bertz CT molecular complexity index is 753. The Labute approximate surface area is 109 Å². The van der Waals surface area contributed by atoms with Crippen molar-refractivity contribution in [2.45, 2.75) is 0 Å². The van der Waals surface area contributed by atoms with Crippen LogP contribution in [0.4, 0.5) is 4.39 Å². The predicted octanol–water partition coefficient (Wildman–Crippen LogP) is 3.60. The van der Waals surface area contributed by atoms with Crippen LogP contribution in [-0.2, 0) is 0 Å². The van der Waals surface area contributed by atoms with Crippen molar-refractivity contribution in [3.05, 3.63) is 77.7 Å². The van der Waals surface area contributed by atoms with Crippen LogP contribution >= 0.6 is 0 Å². The first-order valence-electron chi connectivity index (χ1n) is 5.90. The van der Waals surface area contributed by atoms with Crippen LogP contribution in [0.2, 0.25) is 0 Å². The first-order chi connectivity index (χ1) is 9.24. The molecule has 0 unspecified atom stereocenters. The van der Waals surface area contributed by atoms with E-state index in [9.17, 15) is 9.18 Å². The van der Waals surface area contributed by atoms with Gasteiger partial charge in [-0.2, -0.15) is 0 Å². The number of nitrogens with zero attached hydrogens (tertiary/aromatic N) is 1. The van der Waals surface area contributed by atoms with E-state index in [4.69, 9.17) is 0 Å². The Kier molecular flexibility index (Phi) is 2.80. The maximum Gasteiger partial charge on any atom is 0.211 e. The molecule has 0 aliphatic rings. The Balaban J connectivity index is 2.07. The largest absolute Gasteiger partial charge is 0.287 e. The number of hydrogen-bond acceptors (Lipinski definition) is 2. The number of hydrogen-bond donors (Lipinski definition) is 0. The van der Waals surface area contributed by atoms with Crippen LogP contribution in [-0.4, -0.2) is 10.8 Å². The first-order valence-corrected chi connectivity index (χ1v) is 5.90. The lowest BCUT2D eigenvalue weighted by atomic mass is 10.1. The molecule has 92 valence electrons. The van der Waals surface area contributed by atoms with E-state index in [0.717, 1.165) is 0 Å². The minimum atomic E-state index is -0.309. The Morgan fingerprint density at radius 2 is 1.74 bits per heavy atom. The predicted molar refractivity (Wildman–Crippen MR) is 71.6 cm³/mol. The summed E-state index contributed by atoms with van der Waals surface area (Å²) in [5, 5.41) is 0.685. The maximum absolute atomic E-state index is 13.1. The van der Waals surface area contributed by atoms with E-state index < -0.39 is 0 Å². The molecule has 0 spiro atoms. The number of carbonyl (C=O) groups excluding carboxylic acids is 1. The van der Waals surface area contributed by atoms with E-state index in [1.54, 1.807) is 30.3 Å². The van der Waals surface area contributed by atoms with E-state index in [0.29, 0.717) is 22.2 Å². The van der Waals surface area contributed by atoms with Crippen LogP contribution in [0.15, 0.2) is 60.7 Å². The van der Waals surface area contributed by atoms with Gasteiger partial charge in [0, 0.05) is 10.9 Å². The van der Waals surface area contributed by atoms with Crippen LogP contribution in [0.1, 0.15) is 16.1 Å². The third-order valence-corrected chi connectivity index (χ3v) is 2.92. The zero-order valence-electron chi connectivity index (χ0n) is 10.0. The summed E-state index contributed by atoms with van der Waals surface area (Å²) >= 11 is 0. The molecule has 0 amide bonds. The van der Waals surface area contributed by atoms with Crippen molar-refractivity contribution in [2.75, 3.05) is 0 Å². The van der Waals surface area contributed by atoms with Gasteiger partial charge in [-0.25, -0.2) is 9.37 Å². The maximum atomic E-state index is 13.1. The van der Waals surface area contributed by atoms with Gasteiger partial charge in [0.25, 0.3) is 0 Å². The lowest BCUT2D eigenvalue weighted by Crippen LogP contribution is -2.03. The van der Waals surface area contributed by atoms with Crippen LogP contribution < -0.4 is 0 Å². The minimum Gasteiger partial charge on any atom is -0.287 e. The second-order valence-corrected chi connectivity index (χ2v) is 4.23. The highest BCUT2D eigenvalue weighted by Gasteiger charge is 2.10. The molecular formula is C16H10FNO. The van der Waals surface area contributed by atoms with Crippen molar-refractivity contribution >= 4 is 16.7 Å². The molecule has 0 N–H and O–H groups in total. The third kappa shape index (κ3) is 2.22. The van der Waals surface area contributed by atoms with Crippen molar-refractivity contribution in [3.63, 3.8) is 0 Å². The molecule has 0 saturated carbocycles. The smallest absolute Gasteiger partial charge is 0.211 e. The molecule has 0 atom stereocenters. The van der Waals surface area contributed by atoms with E-state index in [-0.39, 0.29) is 11.6 Å². The van der Waals surface area contributed by atoms with Crippen molar-refractivity contribution in [1.82, 2.24) is 4.98 Å². The van der Waals surface area contributed by atoms with Crippen LogP contribution in [0.25, 0.3) is 10.9 Å². The lowest BCUT2D eigenvalue weighted by Gasteiger charge is -2.02. The topological polar surface area (TPSA) is 30.0 Å². The van der Waals surface area contributed by atoms with Gasteiger partial charge in [-0.05, 0) is 24.3 Å².